The molecule has 0 aromatic heterocycles. The van der Waals surface area contributed by atoms with Crippen LogP contribution in [0.2, 0.25) is 0 Å². The molecule has 1 N–H and O–H groups in total. The number of nitrogens with zero attached hydrogens (tertiary/aromatic N) is 1. The number of rotatable bonds is 4. The Morgan fingerprint density at radius 1 is 1.32 bits per heavy atom. The van der Waals surface area contributed by atoms with Gasteiger partial charge in [-0.15, -0.1) is 0 Å². The van der Waals surface area contributed by atoms with Gasteiger partial charge in [0.2, 0.25) is 0 Å². The van der Waals surface area contributed by atoms with Crippen molar-refractivity contribution in [1.29, 1.82) is 0 Å². The predicted octanol–water partition coefficient (Wildman–Crippen LogP) is 3.22. The lowest BCUT2D eigenvalue weighted by atomic mass is 10.1. The van der Waals surface area contributed by atoms with Gasteiger partial charge in [0.05, 0.1) is 0 Å². The molecule has 1 aromatic carbocycles. The van der Waals surface area contributed by atoms with Crippen molar-refractivity contribution in [2.75, 3.05) is 12.3 Å². The van der Waals surface area contributed by atoms with E-state index in [0.29, 0.717) is 30.5 Å². The summed E-state index contributed by atoms with van der Waals surface area (Å²) >= 11 is 1.71. The smallest absolute Gasteiger partial charge is 0.156 e. The van der Waals surface area contributed by atoms with Crippen LogP contribution in [0.4, 0.5) is 8.78 Å². The molecule has 0 amide bonds. The van der Waals surface area contributed by atoms with Crippen molar-refractivity contribution < 1.29 is 8.78 Å². The van der Waals surface area contributed by atoms with E-state index in [9.17, 15) is 8.78 Å². The fraction of sp³-hybridized carbons (Fsp3) is 0.500. The van der Waals surface area contributed by atoms with Crippen LogP contribution < -0.4 is 5.32 Å². The molecule has 2 nitrogen and oxygen atoms in total. The lowest BCUT2D eigenvalue weighted by Crippen LogP contribution is -2.31. The molecule has 1 saturated heterocycles. The molecule has 19 heavy (non-hydrogen) atoms. The number of halogens is 2. The van der Waals surface area contributed by atoms with Crippen LogP contribution >= 0.6 is 11.8 Å². The largest absolute Gasteiger partial charge is 0.361 e. The standard InChI is InChI=1S/C14H18F2N2S/c1-9(2)13-8-19-14(18-13)17-4-3-10-5-11(15)7-12(16)6-10/h5-7,9,13H,3-4,8H2,1-2H3,(H,17,18)/t13-/m1/s1. The molecular weight excluding hydrogens is 266 g/mol. The van der Waals surface area contributed by atoms with Gasteiger partial charge in [-0.2, -0.15) is 0 Å². The fourth-order valence-electron chi connectivity index (χ4n) is 1.90. The van der Waals surface area contributed by atoms with Crippen molar-refractivity contribution >= 4 is 16.9 Å². The Labute approximate surface area is 116 Å². The van der Waals surface area contributed by atoms with E-state index < -0.39 is 11.6 Å². The third-order valence-electron chi connectivity index (χ3n) is 3.09. The molecule has 0 aliphatic carbocycles. The van der Waals surface area contributed by atoms with Gasteiger partial charge in [0, 0.05) is 24.4 Å². The maximum atomic E-state index is 13.0. The first kappa shape index (κ1) is 14.3. The number of benzene rings is 1. The van der Waals surface area contributed by atoms with Gasteiger partial charge in [-0.05, 0) is 30.0 Å². The molecule has 1 aliphatic rings. The zero-order chi connectivity index (χ0) is 13.8. The average molecular weight is 284 g/mol. The monoisotopic (exact) mass is 284 g/mol. The summed E-state index contributed by atoms with van der Waals surface area (Å²) in [6, 6.07) is 4.07. The summed E-state index contributed by atoms with van der Waals surface area (Å²) < 4.78 is 26.0. The topological polar surface area (TPSA) is 24.4 Å². The summed E-state index contributed by atoms with van der Waals surface area (Å²) in [6.45, 7) is 4.90. The van der Waals surface area contributed by atoms with Crippen LogP contribution in [0.15, 0.2) is 23.2 Å². The molecule has 0 unspecified atom stereocenters. The molecule has 0 saturated carbocycles. The Hall–Kier alpha value is -1.10. The maximum Gasteiger partial charge on any atom is 0.156 e. The van der Waals surface area contributed by atoms with Gasteiger partial charge in [0.15, 0.2) is 5.17 Å². The van der Waals surface area contributed by atoms with Crippen molar-refractivity contribution in [3.05, 3.63) is 35.4 Å². The predicted molar refractivity (Wildman–Crippen MR) is 76.6 cm³/mol. The number of aliphatic imine (C=N–C) groups is 1. The molecule has 104 valence electrons. The average Bonchev–Trinajstić information content (AvgIpc) is 2.76. The zero-order valence-electron chi connectivity index (χ0n) is 11.1. The number of hydrogen-bond donors (Lipinski definition) is 1. The van der Waals surface area contributed by atoms with E-state index in [1.165, 1.54) is 12.1 Å². The SMILES string of the molecule is CC(C)[C@H]1CSC(=NCCc2cc(F)cc(F)c2)N1. The minimum atomic E-state index is -0.532. The first-order valence-electron chi connectivity index (χ1n) is 6.43. The van der Waals surface area contributed by atoms with Gasteiger partial charge in [0.1, 0.15) is 11.6 Å². The molecule has 1 atom stereocenters. The first-order valence-corrected chi connectivity index (χ1v) is 7.42. The van der Waals surface area contributed by atoms with E-state index in [-0.39, 0.29) is 0 Å². The molecule has 1 aromatic rings. The quantitative estimate of drug-likeness (QED) is 0.918. The highest BCUT2D eigenvalue weighted by molar-refractivity contribution is 8.14. The summed E-state index contributed by atoms with van der Waals surface area (Å²) in [4.78, 5) is 4.43. The Morgan fingerprint density at radius 2 is 2.00 bits per heavy atom. The molecule has 0 radical (unpaired) electrons. The third-order valence-corrected chi connectivity index (χ3v) is 4.14. The van der Waals surface area contributed by atoms with Gasteiger partial charge in [-0.3, -0.25) is 4.99 Å². The fourth-order valence-corrected chi connectivity index (χ4v) is 3.13. The van der Waals surface area contributed by atoms with E-state index in [4.69, 9.17) is 0 Å². The lowest BCUT2D eigenvalue weighted by molar-refractivity contribution is 0.503. The summed E-state index contributed by atoms with van der Waals surface area (Å²) in [6.07, 6.45) is 0.548. The zero-order valence-corrected chi connectivity index (χ0v) is 11.9. The van der Waals surface area contributed by atoms with Crippen LogP contribution in [0.5, 0.6) is 0 Å². The Kier molecular flexibility index (Phi) is 4.80. The van der Waals surface area contributed by atoms with E-state index in [2.05, 4.69) is 24.2 Å². The van der Waals surface area contributed by atoms with E-state index in [1.807, 2.05) is 0 Å². The van der Waals surface area contributed by atoms with Crippen LogP contribution in [0.25, 0.3) is 0 Å². The van der Waals surface area contributed by atoms with Crippen molar-refractivity contribution in [1.82, 2.24) is 5.32 Å². The van der Waals surface area contributed by atoms with Crippen LogP contribution in [0.3, 0.4) is 0 Å². The molecule has 5 heteroatoms. The number of amidine groups is 1. The van der Waals surface area contributed by atoms with Crippen LogP contribution in [-0.4, -0.2) is 23.5 Å². The number of thioether (sulfide) groups is 1. The molecular formula is C14H18F2N2S. The van der Waals surface area contributed by atoms with Gasteiger partial charge >= 0.3 is 0 Å². The minimum absolute atomic E-state index is 0.468. The highest BCUT2D eigenvalue weighted by Crippen LogP contribution is 2.19. The Morgan fingerprint density at radius 3 is 2.58 bits per heavy atom. The normalized spacial score (nSPS) is 21.1. The molecule has 0 spiro atoms. The summed E-state index contributed by atoms with van der Waals surface area (Å²) in [5.74, 6) is 0.551. The Balaban J connectivity index is 1.86. The molecule has 1 aliphatic heterocycles. The molecule has 2 rings (SSSR count). The van der Waals surface area contributed by atoms with E-state index >= 15 is 0 Å². The highest BCUT2D eigenvalue weighted by Gasteiger charge is 2.22. The molecule has 1 heterocycles. The second-order valence-corrected chi connectivity index (χ2v) is 6.03. The van der Waals surface area contributed by atoms with Crippen LogP contribution in [0.1, 0.15) is 19.4 Å². The lowest BCUT2D eigenvalue weighted by Gasteiger charge is -2.13. The van der Waals surface area contributed by atoms with Crippen LogP contribution in [-0.2, 0) is 6.42 Å². The van der Waals surface area contributed by atoms with E-state index in [0.717, 1.165) is 17.0 Å². The molecule has 0 bridgehead atoms. The Bertz CT molecular complexity index is 454. The second-order valence-electron chi connectivity index (χ2n) is 5.02. The van der Waals surface area contributed by atoms with Gasteiger partial charge in [-0.25, -0.2) is 8.78 Å². The first-order chi connectivity index (χ1) is 9.04. The van der Waals surface area contributed by atoms with E-state index in [1.54, 1.807) is 11.8 Å². The summed E-state index contributed by atoms with van der Waals surface area (Å²) in [7, 11) is 0. The van der Waals surface area contributed by atoms with Crippen molar-refractivity contribution in [3.63, 3.8) is 0 Å². The highest BCUT2D eigenvalue weighted by atomic mass is 32.2. The van der Waals surface area contributed by atoms with Crippen LogP contribution in [0, 0.1) is 17.6 Å². The van der Waals surface area contributed by atoms with Gasteiger partial charge in [0.25, 0.3) is 0 Å². The number of hydrogen-bond acceptors (Lipinski definition) is 2. The summed E-state index contributed by atoms with van der Waals surface area (Å²) in [5.41, 5.74) is 0.644. The maximum absolute atomic E-state index is 13.0. The van der Waals surface area contributed by atoms with Gasteiger partial charge in [-0.1, -0.05) is 25.6 Å². The minimum Gasteiger partial charge on any atom is -0.361 e. The van der Waals surface area contributed by atoms with Gasteiger partial charge < -0.3 is 5.32 Å². The molecule has 1 fully saturated rings. The van der Waals surface area contributed by atoms with Crippen molar-refractivity contribution in [3.8, 4) is 0 Å². The van der Waals surface area contributed by atoms with Crippen molar-refractivity contribution in [2.24, 2.45) is 10.9 Å². The third kappa shape index (κ3) is 4.20. The van der Waals surface area contributed by atoms with Crippen molar-refractivity contribution in [2.45, 2.75) is 26.3 Å². The second kappa shape index (κ2) is 6.37. The summed E-state index contributed by atoms with van der Waals surface area (Å²) in [5, 5.41) is 4.30. The number of nitrogens with one attached hydrogen (secondary N) is 1.